The second-order valence-corrected chi connectivity index (χ2v) is 9.71. The Bertz CT molecular complexity index is 1080. The van der Waals surface area contributed by atoms with Crippen LogP contribution in [0.4, 0.5) is 5.69 Å². The van der Waals surface area contributed by atoms with Gasteiger partial charge in [-0.1, -0.05) is 42.6 Å². The fourth-order valence-electron chi connectivity index (χ4n) is 3.98. The molecule has 1 N–H and O–H groups in total. The van der Waals surface area contributed by atoms with Crippen molar-refractivity contribution in [2.75, 3.05) is 12.4 Å². The Kier molecular flexibility index (Phi) is 7.10. The third-order valence-corrected chi connectivity index (χ3v) is 7.20. The van der Waals surface area contributed by atoms with Gasteiger partial charge in [0.2, 0.25) is 11.7 Å². The number of methoxy groups -OCH3 is 1. The monoisotopic (exact) mass is 474 g/mol. The average Bonchev–Trinajstić information content (AvgIpc) is 3.46. The van der Waals surface area contributed by atoms with Gasteiger partial charge in [-0.2, -0.15) is 0 Å². The SMILES string of the molecule is COc1cc(Cl)c(C)cc1NC(=O)C(C)Sc1nnc(-c2ccco2)n1C1CCCCC1. The van der Waals surface area contributed by atoms with Crippen molar-refractivity contribution in [2.24, 2.45) is 0 Å². The molecule has 7 nitrogen and oxygen atoms in total. The highest BCUT2D eigenvalue weighted by Gasteiger charge is 2.27. The first-order chi connectivity index (χ1) is 15.5. The van der Waals surface area contributed by atoms with Crippen molar-refractivity contribution in [1.29, 1.82) is 0 Å². The number of aromatic nitrogens is 3. The zero-order chi connectivity index (χ0) is 22.7. The lowest BCUT2D eigenvalue weighted by molar-refractivity contribution is -0.115. The predicted octanol–water partition coefficient (Wildman–Crippen LogP) is 6.13. The van der Waals surface area contributed by atoms with E-state index in [1.807, 2.05) is 32.0 Å². The molecule has 2 aromatic heterocycles. The number of aryl methyl sites for hydroxylation is 1. The summed E-state index contributed by atoms with van der Waals surface area (Å²) in [6.45, 7) is 3.75. The van der Waals surface area contributed by atoms with Crippen LogP contribution in [0.1, 0.15) is 50.6 Å². The summed E-state index contributed by atoms with van der Waals surface area (Å²) in [6, 6.07) is 7.56. The number of ether oxygens (including phenoxy) is 1. The topological polar surface area (TPSA) is 82.2 Å². The van der Waals surface area contributed by atoms with E-state index in [1.165, 1.54) is 31.0 Å². The summed E-state index contributed by atoms with van der Waals surface area (Å²) in [5.74, 6) is 1.78. The molecule has 1 atom stereocenters. The molecule has 1 saturated carbocycles. The first kappa shape index (κ1) is 22.7. The Hall–Kier alpha value is -2.45. The number of furan rings is 1. The van der Waals surface area contributed by atoms with Gasteiger partial charge in [-0.3, -0.25) is 9.36 Å². The molecule has 0 aliphatic heterocycles. The number of thioether (sulfide) groups is 1. The third-order valence-electron chi connectivity index (χ3n) is 5.74. The number of hydrogen-bond acceptors (Lipinski definition) is 6. The van der Waals surface area contributed by atoms with Crippen molar-refractivity contribution in [2.45, 2.75) is 62.4 Å². The van der Waals surface area contributed by atoms with Crippen molar-refractivity contribution in [3.63, 3.8) is 0 Å². The third kappa shape index (κ3) is 4.81. The second kappa shape index (κ2) is 10.0. The summed E-state index contributed by atoms with van der Waals surface area (Å²) in [5, 5.41) is 12.7. The molecule has 32 heavy (non-hydrogen) atoms. The van der Waals surface area contributed by atoms with Gasteiger partial charge in [0.05, 0.1) is 24.3 Å². The van der Waals surface area contributed by atoms with Crippen LogP contribution in [-0.4, -0.2) is 33.0 Å². The zero-order valence-electron chi connectivity index (χ0n) is 18.4. The second-order valence-electron chi connectivity index (χ2n) is 8.00. The van der Waals surface area contributed by atoms with E-state index in [0.29, 0.717) is 34.1 Å². The Balaban J connectivity index is 1.56. The lowest BCUT2D eigenvalue weighted by Crippen LogP contribution is -2.24. The standard InChI is InChI=1S/C23H27ClN4O3S/c1-14-12-18(20(30-3)13-17(14)24)25-22(29)15(2)32-23-27-26-21(19-10-7-11-31-19)28(23)16-8-5-4-6-9-16/h7,10-13,15-16H,4-6,8-9H2,1-3H3,(H,25,29). The van der Waals surface area contributed by atoms with Gasteiger partial charge < -0.3 is 14.5 Å². The summed E-state index contributed by atoms with van der Waals surface area (Å²) < 4.78 is 13.1. The molecule has 1 fully saturated rings. The molecule has 1 aliphatic rings. The number of hydrogen-bond donors (Lipinski definition) is 1. The van der Waals surface area contributed by atoms with Crippen LogP contribution < -0.4 is 10.1 Å². The Morgan fingerprint density at radius 2 is 2.09 bits per heavy atom. The molecule has 0 radical (unpaired) electrons. The molecular weight excluding hydrogens is 448 g/mol. The van der Waals surface area contributed by atoms with E-state index < -0.39 is 5.25 Å². The van der Waals surface area contributed by atoms with Crippen LogP contribution >= 0.6 is 23.4 Å². The number of carbonyl (C=O) groups excluding carboxylic acids is 1. The van der Waals surface area contributed by atoms with Crippen LogP contribution in [0.15, 0.2) is 40.1 Å². The fourth-order valence-corrected chi connectivity index (χ4v) is 5.05. The molecule has 9 heteroatoms. The summed E-state index contributed by atoms with van der Waals surface area (Å²) >= 11 is 7.58. The van der Waals surface area contributed by atoms with E-state index in [2.05, 4.69) is 20.1 Å². The van der Waals surface area contributed by atoms with Crippen LogP contribution in [0.5, 0.6) is 5.75 Å². The smallest absolute Gasteiger partial charge is 0.237 e. The highest BCUT2D eigenvalue weighted by atomic mass is 35.5. The van der Waals surface area contributed by atoms with E-state index in [0.717, 1.165) is 23.6 Å². The van der Waals surface area contributed by atoms with Gasteiger partial charge in [0.1, 0.15) is 5.75 Å². The summed E-state index contributed by atoms with van der Waals surface area (Å²) in [4.78, 5) is 13.0. The Morgan fingerprint density at radius 1 is 1.31 bits per heavy atom. The van der Waals surface area contributed by atoms with E-state index in [9.17, 15) is 4.79 Å². The van der Waals surface area contributed by atoms with Crippen LogP contribution in [-0.2, 0) is 4.79 Å². The number of nitrogens with one attached hydrogen (secondary N) is 1. The normalized spacial score (nSPS) is 15.5. The number of carbonyl (C=O) groups is 1. The molecule has 4 rings (SSSR count). The first-order valence-electron chi connectivity index (χ1n) is 10.8. The van der Waals surface area contributed by atoms with Crippen LogP contribution in [0.25, 0.3) is 11.6 Å². The molecule has 1 unspecified atom stereocenters. The fraction of sp³-hybridized carbons (Fsp3) is 0.435. The van der Waals surface area contributed by atoms with Crippen LogP contribution in [0.2, 0.25) is 5.02 Å². The van der Waals surface area contributed by atoms with Crippen molar-refractivity contribution in [1.82, 2.24) is 14.8 Å². The van der Waals surface area contributed by atoms with E-state index in [-0.39, 0.29) is 5.91 Å². The molecule has 3 aromatic rings. The van der Waals surface area contributed by atoms with E-state index in [1.54, 1.807) is 19.4 Å². The number of rotatable bonds is 7. The summed E-state index contributed by atoms with van der Waals surface area (Å²) in [5.41, 5.74) is 1.46. The first-order valence-corrected chi connectivity index (χ1v) is 12.0. The van der Waals surface area contributed by atoms with Gasteiger partial charge in [0, 0.05) is 17.1 Å². The maximum Gasteiger partial charge on any atom is 0.237 e. The molecule has 0 spiro atoms. The maximum absolute atomic E-state index is 13.0. The minimum Gasteiger partial charge on any atom is -0.495 e. The lowest BCUT2D eigenvalue weighted by atomic mass is 9.95. The molecule has 1 amide bonds. The van der Waals surface area contributed by atoms with Crippen LogP contribution in [0, 0.1) is 6.92 Å². The largest absolute Gasteiger partial charge is 0.495 e. The van der Waals surface area contributed by atoms with Gasteiger partial charge in [0.15, 0.2) is 10.9 Å². The van der Waals surface area contributed by atoms with Gasteiger partial charge in [0.25, 0.3) is 0 Å². The molecule has 1 aromatic carbocycles. The summed E-state index contributed by atoms with van der Waals surface area (Å²) in [6.07, 6.45) is 7.38. The van der Waals surface area contributed by atoms with Gasteiger partial charge >= 0.3 is 0 Å². The van der Waals surface area contributed by atoms with E-state index in [4.69, 9.17) is 20.8 Å². The lowest BCUT2D eigenvalue weighted by Gasteiger charge is -2.25. The van der Waals surface area contributed by atoms with Crippen molar-refractivity contribution in [3.8, 4) is 17.3 Å². The Labute approximate surface area is 196 Å². The van der Waals surface area contributed by atoms with Gasteiger partial charge in [-0.25, -0.2) is 0 Å². The minimum absolute atomic E-state index is 0.146. The van der Waals surface area contributed by atoms with E-state index >= 15 is 0 Å². The van der Waals surface area contributed by atoms with Crippen molar-refractivity contribution >= 4 is 35.0 Å². The van der Waals surface area contributed by atoms with Gasteiger partial charge in [-0.15, -0.1) is 10.2 Å². The molecule has 0 saturated heterocycles. The number of anilines is 1. The molecular formula is C23H27ClN4O3S. The van der Waals surface area contributed by atoms with Crippen molar-refractivity contribution in [3.05, 3.63) is 41.1 Å². The number of benzene rings is 1. The Morgan fingerprint density at radius 3 is 2.78 bits per heavy atom. The van der Waals surface area contributed by atoms with Crippen LogP contribution in [0.3, 0.4) is 0 Å². The highest BCUT2D eigenvalue weighted by Crippen LogP contribution is 2.37. The minimum atomic E-state index is -0.397. The quantitative estimate of drug-likeness (QED) is 0.414. The molecule has 170 valence electrons. The molecule has 2 heterocycles. The number of amides is 1. The number of nitrogens with zero attached hydrogens (tertiary/aromatic N) is 3. The average molecular weight is 475 g/mol. The summed E-state index contributed by atoms with van der Waals surface area (Å²) in [7, 11) is 1.55. The number of halogens is 1. The highest BCUT2D eigenvalue weighted by molar-refractivity contribution is 8.00. The van der Waals surface area contributed by atoms with Crippen molar-refractivity contribution < 1.29 is 13.9 Å². The molecule has 1 aliphatic carbocycles. The maximum atomic E-state index is 13.0. The van der Waals surface area contributed by atoms with Gasteiger partial charge in [-0.05, 0) is 50.5 Å². The zero-order valence-corrected chi connectivity index (χ0v) is 20.0. The molecule has 0 bridgehead atoms. The predicted molar refractivity (Wildman–Crippen MR) is 127 cm³/mol.